The summed E-state index contributed by atoms with van der Waals surface area (Å²) >= 11 is 1.44. The molecule has 1 aromatic carbocycles. The number of nitrogens with one attached hydrogen (secondary N) is 1. The zero-order valence-electron chi connectivity index (χ0n) is 15.6. The summed E-state index contributed by atoms with van der Waals surface area (Å²) in [5, 5.41) is 2.90. The number of likely N-dealkylation sites (tertiary alicyclic amines) is 1. The minimum Gasteiger partial charge on any atom is -0.376 e. The first-order valence-electron chi connectivity index (χ1n) is 9.50. The van der Waals surface area contributed by atoms with E-state index in [-0.39, 0.29) is 17.9 Å². The monoisotopic (exact) mass is 386 g/mol. The Bertz CT molecular complexity index is 760. The molecule has 1 aliphatic heterocycles. The van der Waals surface area contributed by atoms with Crippen molar-refractivity contribution >= 4 is 23.2 Å². The number of amides is 2. The number of thiophene rings is 1. The first-order valence-corrected chi connectivity index (χ1v) is 10.3. The first kappa shape index (κ1) is 19.6. The van der Waals surface area contributed by atoms with Crippen LogP contribution in [0.1, 0.15) is 51.1 Å². The summed E-state index contributed by atoms with van der Waals surface area (Å²) in [6, 6.07) is 12.9. The van der Waals surface area contributed by atoms with Gasteiger partial charge in [-0.25, -0.2) is 0 Å². The summed E-state index contributed by atoms with van der Waals surface area (Å²) in [6.07, 6.45) is 3.24. The van der Waals surface area contributed by atoms with E-state index in [1.807, 2.05) is 35.2 Å². The van der Waals surface area contributed by atoms with Crippen molar-refractivity contribution in [2.45, 2.75) is 38.8 Å². The van der Waals surface area contributed by atoms with Gasteiger partial charge in [-0.05, 0) is 37.1 Å². The molecule has 6 heteroatoms. The number of carbonyl (C=O) groups excluding carboxylic acids is 2. The average Bonchev–Trinajstić information content (AvgIpc) is 3.36. The Labute approximate surface area is 164 Å². The van der Waals surface area contributed by atoms with Crippen molar-refractivity contribution in [2.24, 2.45) is 0 Å². The lowest BCUT2D eigenvalue weighted by molar-refractivity contribution is 0.0523. The molecule has 0 radical (unpaired) electrons. The summed E-state index contributed by atoms with van der Waals surface area (Å²) in [7, 11) is 0. The van der Waals surface area contributed by atoms with E-state index < -0.39 is 0 Å². The molecule has 0 bridgehead atoms. The number of carbonyl (C=O) groups is 2. The van der Waals surface area contributed by atoms with Crippen molar-refractivity contribution in [3.8, 4) is 0 Å². The number of ether oxygens (including phenoxy) is 1. The second kappa shape index (κ2) is 9.67. The molecule has 2 heterocycles. The molecule has 0 spiro atoms. The number of benzene rings is 1. The van der Waals surface area contributed by atoms with Crippen molar-refractivity contribution in [1.29, 1.82) is 0 Å². The van der Waals surface area contributed by atoms with Crippen LogP contribution in [-0.2, 0) is 11.3 Å². The molecular weight excluding hydrogens is 360 g/mol. The van der Waals surface area contributed by atoms with E-state index in [1.165, 1.54) is 11.3 Å². The third kappa shape index (κ3) is 5.40. The highest BCUT2D eigenvalue weighted by molar-refractivity contribution is 7.14. The van der Waals surface area contributed by atoms with Gasteiger partial charge in [0.2, 0.25) is 0 Å². The van der Waals surface area contributed by atoms with Gasteiger partial charge in [0.15, 0.2) is 0 Å². The summed E-state index contributed by atoms with van der Waals surface area (Å²) in [5.41, 5.74) is 0.636. The van der Waals surface area contributed by atoms with Crippen molar-refractivity contribution in [1.82, 2.24) is 10.2 Å². The third-order valence-electron chi connectivity index (χ3n) is 4.62. The largest absolute Gasteiger partial charge is 0.376 e. The maximum absolute atomic E-state index is 12.7. The molecule has 5 nitrogen and oxygen atoms in total. The second-order valence-electron chi connectivity index (χ2n) is 6.70. The molecule has 1 aliphatic rings. The SMILES string of the molecule is CCCCOC1CCN(C(=O)c2ccc(CNC(=O)c3ccccc3)s2)C1. The zero-order chi connectivity index (χ0) is 19.1. The van der Waals surface area contributed by atoms with E-state index in [0.29, 0.717) is 23.5 Å². The van der Waals surface area contributed by atoms with Crippen LogP contribution >= 0.6 is 11.3 Å². The Morgan fingerprint density at radius 1 is 1.22 bits per heavy atom. The maximum atomic E-state index is 12.7. The Balaban J connectivity index is 1.49. The summed E-state index contributed by atoms with van der Waals surface area (Å²) in [6.45, 7) is 4.75. The highest BCUT2D eigenvalue weighted by atomic mass is 32.1. The molecule has 0 saturated carbocycles. The van der Waals surface area contributed by atoms with Crippen LogP contribution in [0.5, 0.6) is 0 Å². The molecular formula is C21H26N2O3S. The summed E-state index contributed by atoms with van der Waals surface area (Å²) in [5.74, 6) is -0.0503. The first-order chi connectivity index (χ1) is 13.2. The number of nitrogens with zero attached hydrogens (tertiary/aromatic N) is 1. The van der Waals surface area contributed by atoms with Gasteiger partial charge in [0.25, 0.3) is 11.8 Å². The van der Waals surface area contributed by atoms with Gasteiger partial charge in [-0.2, -0.15) is 0 Å². The van der Waals surface area contributed by atoms with Crippen LogP contribution < -0.4 is 5.32 Å². The molecule has 2 amide bonds. The second-order valence-corrected chi connectivity index (χ2v) is 7.87. The Kier molecular flexibility index (Phi) is 7.01. The Morgan fingerprint density at radius 2 is 2.04 bits per heavy atom. The number of rotatable bonds is 8. The molecule has 144 valence electrons. The fourth-order valence-electron chi connectivity index (χ4n) is 3.05. The summed E-state index contributed by atoms with van der Waals surface area (Å²) in [4.78, 5) is 28.4. The van der Waals surface area contributed by atoms with Crippen molar-refractivity contribution in [2.75, 3.05) is 19.7 Å². The minimum absolute atomic E-state index is 0.0576. The molecule has 27 heavy (non-hydrogen) atoms. The smallest absolute Gasteiger partial charge is 0.264 e. The van der Waals surface area contributed by atoms with Crippen LogP contribution in [0.15, 0.2) is 42.5 Å². The number of hydrogen-bond donors (Lipinski definition) is 1. The van der Waals surface area contributed by atoms with Crippen LogP contribution in [0, 0.1) is 0 Å². The Hall–Kier alpha value is -2.18. The van der Waals surface area contributed by atoms with Gasteiger partial charge in [0.1, 0.15) is 0 Å². The fourth-order valence-corrected chi connectivity index (χ4v) is 3.96. The van der Waals surface area contributed by atoms with Crippen LogP contribution in [0.4, 0.5) is 0 Å². The van der Waals surface area contributed by atoms with Crippen LogP contribution in [0.2, 0.25) is 0 Å². The highest BCUT2D eigenvalue weighted by Gasteiger charge is 2.28. The predicted molar refractivity (Wildman–Crippen MR) is 107 cm³/mol. The fraction of sp³-hybridized carbons (Fsp3) is 0.429. The normalized spacial score (nSPS) is 16.5. The summed E-state index contributed by atoms with van der Waals surface area (Å²) < 4.78 is 5.83. The van der Waals surface area contributed by atoms with Crippen LogP contribution in [0.25, 0.3) is 0 Å². The van der Waals surface area contributed by atoms with Gasteiger partial charge in [-0.3, -0.25) is 9.59 Å². The molecule has 1 N–H and O–H groups in total. The van der Waals surface area contributed by atoms with E-state index in [9.17, 15) is 9.59 Å². The van der Waals surface area contributed by atoms with Gasteiger partial charge < -0.3 is 15.0 Å². The number of unbranched alkanes of at least 4 members (excludes halogenated alkanes) is 1. The standard InChI is InChI=1S/C21H26N2O3S/c1-2-3-13-26-17-11-12-23(15-17)21(25)19-10-9-18(27-19)14-22-20(24)16-7-5-4-6-8-16/h4-10,17H,2-3,11-15H2,1H3,(H,22,24). The Morgan fingerprint density at radius 3 is 2.81 bits per heavy atom. The van der Waals surface area contributed by atoms with Gasteiger partial charge in [0.05, 0.1) is 17.5 Å². The van der Waals surface area contributed by atoms with E-state index in [1.54, 1.807) is 12.1 Å². The molecule has 1 saturated heterocycles. The van der Waals surface area contributed by atoms with Gasteiger partial charge in [0, 0.05) is 30.1 Å². The lowest BCUT2D eigenvalue weighted by atomic mass is 10.2. The van der Waals surface area contributed by atoms with Crippen molar-refractivity contribution < 1.29 is 14.3 Å². The van der Waals surface area contributed by atoms with Crippen molar-refractivity contribution in [3.63, 3.8) is 0 Å². The molecule has 2 aromatic rings. The van der Waals surface area contributed by atoms with Crippen LogP contribution in [-0.4, -0.2) is 42.5 Å². The molecule has 1 unspecified atom stereocenters. The lowest BCUT2D eigenvalue weighted by Gasteiger charge is -2.15. The molecule has 1 aromatic heterocycles. The highest BCUT2D eigenvalue weighted by Crippen LogP contribution is 2.22. The van der Waals surface area contributed by atoms with Crippen molar-refractivity contribution in [3.05, 3.63) is 57.8 Å². The minimum atomic E-state index is -0.108. The predicted octanol–water partition coefficient (Wildman–Crippen LogP) is 3.71. The van der Waals surface area contributed by atoms with Crippen LogP contribution in [0.3, 0.4) is 0 Å². The molecule has 1 fully saturated rings. The average molecular weight is 387 g/mol. The third-order valence-corrected chi connectivity index (χ3v) is 5.69. The van der Waals surface area contributed by atoms with E-state index in [2.05, 4.69) is 12.2 Å². The quantitative estimate of drug-likeness (QED) is 0.704. The molecule has 1 atom stereocenters. The lowest BCUT2D eigenvalue weighted by Crippen LogP contribution is -2.29. The van der Waals surface area contributed by atoms with E-state index in [4.69, 9.17) is 4.74 Å². The molecule has 3 rings (SSSR count). The van der Waals surface area contributed by atoms with E-state index in [0.717, 1.165) is 37.3 Å². The van der Waals surface area contributed by atoms with E-state index >= 15 is 0 Å². The van der Waals surface area contributed by atoms with Gasteiger partial charge in [-0.1, -0.05) is 31.5 Å². The maximum Gasteiger partial charge on any atom is 0.264 e. The zero-order valence-corrected chi connectivity index (χ0v) is 16.5. The van der Waals surface area contributed by atoms with Gasteiger partial charge in [-0.15, -0.1) is 11.3 Å². The number of hydrogen-bond acceptors (Lipinski definition) is 4. The molecule has 0 aliphatic carbocycles. The van der Waals surface area contributed by atoms with Gasteiger partial charge >= 0.3 is 0 Å². The topological polar surface area (TPSA) is 58.6 Å².